The molecule has 3 aromatic rings. The number of nitrogen functional groups attached to an aromatic ring is 1. The highest BCUT2D eigenvalue weighted by Gasteiger charge is 2.10. The van der Waals surface area contributed by atoms with Crippen LogP contribution >= 0.6 is 11.3 Å². The number of hydrogen-bond donors (Lipinski definition) is 3. The van der Waals surface area contributed by atoms with Crippen LogP contribution in [-0.4, -0.2) is 19.9 Å². The molecule has 0 aromatic carbocycles. The summed E-state index contributed by atoms with van der Waals surface area (Å²) in [6, 6.07) is 3.83. The molecule has 0 unspecified atom stereocenters. The van der Waals surface area contributed by atoms with Crippen LogP contribution in [0.15, 0.2) is 36.2 Å². The van der Waals surface area contributed by atoms with Gasteiger partial charge in [0.25, 0.3) is 0 Å². The van der Waals surface area contributed by atoms with E-state index in [0.717, 1.165) is 10.7 Å². The number of nitrogens with two attached hydrogens (primary N) is 1. The molecule has 0 bridgehead atoms. The predicted octanol–water partition coefficient (Wildman–Crippen LogP) is 2.71. The zero-order valence-electron chi connectivity index (χ0n) is 11.2. The molecule has 0 amide bonds. The van der Waals surface area contributed by atoms with Crippen molar-refractivity contribution in [2.75, 3.05) is 16.4 Å². The molecular formula is C13H13N7S. The minimum atomic E-state index is 0.415. The SMILES string of the molecule is Cc1cccnc1Nc1ncnc(Nc2nccs2)c1N. The van der Waals surface area contributed by atoms with Crippen molar-refractivity contribution in [1.82, 2.24) is 19.9 Å². The third kappa shape index (κ3) is 2.90. The molecule has 0 radical (unpaired) electrons. The summed E-state index contributed by atoms with van der Waals surface area (Å²) >= 11 is 1.47. The highest BCUT2D eigenvalue weighted by atomic mass is 32.1. The van der Waals surface area contributed by atoms with Crippen molar-refractivity contribution in [3.63, 3.8) is 0 Å². The van der Waals surface area contributed by atoms with Crippen molar-refractivity contribution in [2.45, 2.75) is 6.92 Å². The standard InChI is InChI=1S/C13H13N7S/c1-8-3-2-4-15-10(8)19-11-9(14)12(18-7-17-11)20-13-16-5-6-21-13/h2-7H,14H2,1H3,(H2,15,16,17,18,19,20). The van der Waals surface area contributed by atoms with Crippen LogP contribution in [-0.2, 0) is 0 Å². The van der Waals surface area contributed by atoms with Crippen molar-refractivity contribution in [1.29, 1.82) is 0 Å². The quantitative estimate of drug-likeness (QED) is 0.680. The number of aromatic nitrogens is 4. The Hall–Kier alpha value is -2.74. The fourth-order valence-corrected chi connectivity index (χ4v) is 2.24. The van der Waals surface area contributed by atoms with E-state index in [-0.39, 0.29) is 0 Å². The molecule has 8 heteroatoms. The summed E-state index contributed by atoms with van der Waals surface area (Å²) < 4.78 is 0. The second-order valence-corrected chi connectivity index (χ2v) is 5.14. The van der Waals surface area contributed by atoms with Gasteiger partial charge in [0.15, 0.2) is 16.8 Å². The monoisotopic (exact) mass is 299 g/mol. The molecule has 0 aliphatic rings. The Morgan fingerprint density at radius 3 is 2.52 bits per heavy atom. The second-order valence-electron chi connectivity index (χ2n) is 4.24. The average Bonchev–Trinajstić information content (AvgIpc) is 2.98. The smallest absolute Gasteiger partial charge is 0.188 e. The lowest BCUT2D eigenvalue weighted by Gasteiger charge is -2.11. The van der Waals surface area contributed by atoms with Crippen molar-refractivity contribution in [3.8, 4) is 0 Å². The maximum absolute atomic E-state index is 6.10. The molecule has 4 N–H and O–H groups in total. The Morgan fingerprint density at radius 2 is 1.81 bits per heavy atom. The Labute approximate surface area is 125 Å². The first-order valence-electron chi connectivity index (χ1n) is 6.19. The summed E-state index contributed by atoms with van der Waals surface area (Å²) in [7, 11) is 0. The largest absolute Gasteiger partial charge is 0.393 e. The highest BCUT2D eigenvalue weighted by Crippen LogP contribution is 2.28. The van der Waals surface area contributed by atoms with E-state index in [2.05, 4.69) is 30.6 Å². The Morgan fingerprint density at radius 1 is 1.00 bits per heavy atom. The van der Waals surface area contributed by atoms with Gasteiger partial charge >= 0.3 is 0 Å². The molecule has 3 aromatic heterocycles. The van der Waals surface area contributed by atoms with Gasteiger partial charge in [-0.2, -0.15) is 0 Å². The summed E-state index contributed by atoms with van der Waals surface area (Å²) in [6.45, 7) is 1.96. The first kappa shape index (κ1) is 13.3. The third-order valence-electron chi connectivity index (χ3n) is 2.79. The zero-order valence-corrected chi connectivity index (χ0v) is 12.1. The first-order valence-corrected chi connectivity index (χ1v) is 7.07. The van der Waals surface area contributed by atoms with E-state index < -0.39 is 0 Å². The van der Waals surface area contributed by atoms with Crippen LogP contribution in [0.5, 0.6) is 0 Å². The molecule has 106 valence electrons. The van der Waals surface area contributed by atoms with Gasteiger partial charge in [-0.25, -0.2) is 19.9 Å². The molecule has 0 atom stereocenters. The van der Waals surface area contributed by atoms with Crippen LogP contribution in [0.1, 0.15) is 5.56 Å². The zero-order chi connectivity index (χ0) is 14.7. The van der Waals surface area contributed by atoms with Crippen LogP contribution in [0.2, 0.25) is 0 Å². The Kier molecular flexibility index (Phi) is 3.61. The molecule has 0 saturated heterocycles. The lowest BCUT2D eigenvalue weighted by molar-refractivity contribution is 1.15. The second kappa shape index (κ2) is 5.71. The van der Waals surface area contributed by atoms with E-state index in [1.165, 1.54) is 17.7 Å². The van der Waals surface area contributed by atoms with E-state index >= 15 is 0 Å². The minimum Gasteiger partial charge on any atom is -0.393 e. The van der Waals surface area contributed by atoms with E-state index in [9.17, 15) is 0 Å². The Balaban J connectivity index is 1.88. The van der Waals surface area contributed by atoms with E-state index in [0.29, 0.717) is 23.1 Å². The van der Waals surface area contributed by atoms with Gasteiger partial charge in [-0.1, -0.05) is 6.07 Å². The lowest BCUT2D eigenvalue weighted by atomic mass is 10.3. The topological polar surface area (TPSA) is 102 Å². The van der Waals surface area contributed by atoms with Crippen LogP contribution in [0.3, 0.4) is 0 Å². The summed E-state index contributed by atoms with van der Waals surface area (Å²) in [4.78, 5) is 16.7. The minimum absolute atomic E-state index is 0.415. The highest BCUT2D eigenvalue weighted by molar-refractivity contribution is 7.13. The van der Waals surface area contributed by atoms with Crippen molar-refractivity contribution >= 4 is 39.6 Å². The molecule has 0 aliphatic heterocycles. The fraction of sp³-hybridized carbons (Fsp3) is 0.0769. The van der Waals surface area contributed by atoms with E-state index in [4.69, 9.17) is 5.73 Å². The predicted molar refractivity (Wildman–Crippen MR) is 84.1 cm³/mol. The number of rotatable bonds is 4. The molecule has 21 heavy (non-hydrogen) atoms. The molecule has 0 aliphatic carbocycles. The number of hydrogen-bond acceptors (Lipinski definition) is 8. The third-order valence-corrected chi connectivity index (χ3v) is 3.48. The van der Waals surface area contributed by atoms with Gasteiger partial charge < -0.3 is 16.4 Å². The molecule has 3 heterocycles. The fourth-order valence-electron chi connectivity index (χ4n) is 1.71. The van der Waals surface area contributed by atoms with Gasteiger partial charge in [0, 0.05) is 17.8 Å². The molecule has 0 fully saturated rings. The summed E-state index contributed by atoms with van der Waals surface area (Å²) in [5.41, 5.74) is 7.52. The Bertz CT molecular complexity index is 742. The summed E-state index contributed by atoms with van der Waals surface area (Å²) in [5.74, 6) is 1.73. The maximum atomic E-state index is 6.10. The lowest BCUT2D eigenvalue weighted by Crippen LogP contribution is -2.06. The van der Waals surface area contributed by atoms with Gasteiger partial charge in [-0.15, -0.1) is 11.3 Å². The van der Waals surface area contributed by atoms with Gasteiger partial charge in [0.1, 0.15) is 17.8 Å². The molecule has 7 nitrogen and oxygen atoms in total. The van der Waals surface area contributed by atoms with E-state index in [1.54, 1.807) is 12.4 Å². The van der Waals surface area contributed by atoms with Crippen LogP contribution in [0, 0.1) is 6.92 Å². The molecule has 0 spiro atoms. The van der Waals surface area contributed by atoms with Gasteiger partial charge in [-0.05, 0) is 18.6 Å². The van der Waals surface area contributed by atoms with Crippen LogP contribution in [0.25, 0.3) is 0 Å². The van der Waals surface area contributed by atoms with Crippen molar-refractivity contribution in [2.24, 2.45) is 0 Å². The van der Waals surface area contributed by atoms with Gasteiger partial charge in [0.2, 0.25) is 0 Å². The number of nitrogens with one attached hydrogen (secondary N) is 2. The molecule has 0 saturated carbocycles. The first-order chi connectivity index (χ1) is 10.2. The maximum Gasteiger partial charge on any atom is 0.188 e. The molecular weight excluding hydrogens is 286 g/mol. The number of aryl methyl sites for hydroxylation is 1. The number of thiazole rings is 1. The average molecular weight is 299 g/mol. The summed E-state index contributed by atoms with van der Waals surface area (Å²) in [5, 5.41) is 8.77. The molecule has 3 rings (SSSR count). The van der Waals surface area contributed by atoms with Gasteiger partial charge in [-0.3, -0.25) is 0 Å². The number of anilines is 5. The number of nitrogens with zero attached hydrogens (tertiary/aromatic N) is 4. The van der Waals surface area contributed by atoms with Gasteiger partial charge in [0.05, 0.1) is 0 Å². The van der Waals surface area contributed by atoms with E-state index in [1.807, 2.05) is 24.4 Å². The van der Waals surface area contributed by atoms with Crippen LogP contribution < -0.4 is 16.4 Å². The van der Waals surface area contributed by atoms with Crippen molar-refractivity contribution < 1.29 is 0 Å². The number of pyridine rings is 1. The normalized spacial score (nSPS) is 10.3. The van der Waals surface area contributed by atoms with Crippen molar-refractivity contribution in [3.05, 3.63) is 41.8 Å². The van der Waals surface area contributed by atoms with Crippen LogP contribution in [0.4, 0.5) is 28.3 Å². The summed E-state index contributed by atoms with van der Waals surface area (Å²) in [6.07, 6.45) is 4.86.